The third-order valence-electron chi connectivity index (χ3n) is 2.41. The van der Waals surface area contributed by atoms with Gasteiger partial charge < -0.3 is 9.47 Å². The molecule has 1 rings (SSSR count). The average molecular weight is 248 g/mol. The highest BCUT2D eigenvalue weighted by atomic mass is 16.5. The molecule has 0 unspecified atom stereocenters. The number of esters is 1. The summed E-state index contributed by atoms with van der Waals surface area (Å²) in [5.74, 6) is 0.954. The molecule has 0 amide bonds. The number of hydrogen-bond donors (Lipinski definition) is 0. The van der Waals surface area contributed by atoms with E-state index in [9.17, 15) is 4.79 Å². The number of rotatable bonds is 6. The molecule has 0 aromatic heterocycles. The number of hydrogen-bond acceptors (Lipinski definition) is 3. The Hall–Kier alpha value is -1.77. The van der Waals surface area contributed by atoms with Gasteiger partial charge in [0.2, 0.25) is 0 Å². The van der Waals surface area contributed by atoms with Crippen molar-refractivity contribution >= 4 is 5.97 Å². The molecule has 0 N–H and O–H groups in total. The van der Waals surface area contributed by atoms with Crippen LogP contribution in [-0.4, -0.2) is 19.2 Å². The van der Waals surface area contributed by atoms with Gasteiger partial charge in [-0.25, -0.2) is 4.79 Å². The molecule has 0 aliphatic heterocycles. The van der Waals surface area contributed by atoms with Gasteiger partial charge in [0.15, 0.2) is 0 Å². The first kappa shape index (κ1) is 14.3. The van der Waals surface area contributed by atoms with Crippen LogP contribution < -0.4 is 4.74 Å². The Kier molecular flexibility index (Phi) is 5.98. The van der Waals surface area contributed by atoms with Crippen molar-refractivity contribution in [2.45, 2.75) is 26.7 Å². The molecule has 18 heavy (non-hydrogen) atoms. The molecular formula is C15H20O3. The quantitative estimate of drug-likeness (QED) is 0.572. The van der Waals surface area contributed by atoms with E-state index >= 15 is 0 Å². The molecule has 3 nitrogen and oxygen atoms in total. The molecular weight excluding hydrogens is 228 g/mol. The fourth-order valence-corrected chi connectivity index (χ4v) is 1.44. The Morgan fingerprint density at radius 3 is 2.83 bits per heavy atom. The molecule has 0 bridgehead atoms. The highest BCUT2D eigenvalue weighted by Crippen LogP contribution is 2.19. The minimum atomic E-state index is -0.336. The maximum atomic E-state index is 11.0. The Bertz CT molecular complexity index is 408. The highest BCUT2D eigenvalue weighted by Gasteiger charge is 2.00. The van der Waals surface area contributed by atoms with Crippen LogP contribution in [0, 0.1) is 0 Å². The molecule has 0 aliphatic carbocycles. The summed E-state index contributed by atoms with van der Waals surface area (Å²) in [4.78, 5) is 11.0. The van der Waals surface area contributed by atoms with E-state index in [1.165, 1.54) is 11.6 Å². The van der Waals surface area contributed by atoms with E-state index in [0.717, 1.165) is 5.75 Å². The molecule has 0 saturated heterocycles. The maximum Gasteiger partial charge on any atom is 0.330 e. The predicted molar refractivity (Wildman–Crippen MR) is 71.8 cm³/mol. The van der Waals surface area contributed by atoms with Crippen LogP contribution in [0.3, 0.4) is 0 Å². The lowest BCUT2D eigenvalue weighted by Gasteiger charge is -2.08. The van der Waals surface area contributed by atoms with E-state index in [1.54, 1.807) is 13.0 Å². The van der Waals surface area contributed by atoms with Crippen molar-refractivity contribution in [2.24, 2.45) is 0 Å². The van der Waals surface area contributed by atoms with Crippen molar-refractivity contribution in [2.75, 3.05) is 13.2 Å². The lowest BCUT2D eigenvalue weighted by molar-refractivity contribution is -0.137. The van der Waals surface area contributed by atoms with Crippen molar-refractivity contribution in [1.29, 1.82) is 0 Å². The van der Waals surface area contributed by atoms with Gasteiger partial charge in [0.25, 0.3) is 0 Å². The monoisotopic (exact) mass is 248 g/mol. The molecule has 3 heteroatoms. The van der Waals surface area contributed by atoms with Gasteiger partial charge >= 0.3 is 5.97 Å². The average Bonchev–Trinajstić information content (AvgIpc) is 2.35. The first-order valence-corrected chi connectivity index (χ1v) is 6.19. The second-order valence-corrected chi connectivity index (χ2v) is 4.19. The first-order valence-electron chi connectivity index (χ1n) is 6.19. The summed E-state index contributed by atoms with van der Waals surface area (Å²) in [7, 11) is 0. The van der Waals surface area contributed by atoms with Gasteiger partial charge in [-0.1, -0.05) is 26.0 Å². The Morgan fingerprint density at radius 1 is 1.39 bits per heavy atom. The molecule has 0 aliphatic rings. The van der Waals surface area contributed by atoms with E-state index in [1.807, 2.05) is 18.2 Å². The summed E-state index contributed by atoms with van der Waals surface area (Å²) in [5, 5.41) is 0. The third kappa shape index (κ3) is 5.04. The largest absolute Gasteiger partial charge is 0.490 e. The van der Waals surface area contributed by atoms with E-state index in [-0.39, 0.29) is 5.97 Å². The zero-order chi connectivity index (χ0) is 13.4. The number of ether oxygens (including phenoxy) is 2. The Morgan fingerprint density at radius 2 is 2.17 bits per heavy atom. The first-order chi connectivity index (χ1) is 8.63. The molecule has 0 spiro atoms. The number of benzene rings is 1. The van der Waals surface area contributed by atoms with E-state index in [2.05, 4.69) is 19.9 Å². The van der Waals surface area contributed by atoms with Crippen LogP contribution in [0.2, 0.25) is 0 Å². The zero-order valence-corrected chi connectivity index (χ0v) is 11.2. The molecule has 1 aromatic rings. The normalized spacial score (nSPS) is 10.9. The Balaban J connectivity index is 2.44. The van der Waals surface area contributed by atoms with Crippen LogP contribution in [0.1, 0.15) is 32.3 Å². The van der Waals surface area contributed by atoms with Gasteiger partial charge in [0.1, 0.15) is 12.4 Å². The van der Waals surface area contributed by atoms with Gasteiger partial charge in [0, 0.05) is 6.08 Å². The van der Waals surface area contributed by atoms with E-state index < -0.39 is 0 Å². The number of carbonyl (C=O) groups excluding carboxylic acids is 1. The summed E-state index contributed by atoms with van der Waals surface area (Å²) >= 11 is 0. The Labute approximate surface area is 108 Å². The van der Waals surface area contributed by atoms with Crippen molar-refractivity contribution in [3.8, 4) is 5.75 Å². The van der Waals surface area contributed by atoms with E-state index in [4.69, 9.17) is 9.47 Å². The van der Waals surface area contributed by atoms with Gasteiger partial charge in [-0.3, -0.25) is 0 Å². The van der Waals surface area contributed by atoms with Crippen molar-refractivity contribution < 1.29 is 14.3 Å². The van der Waals surface area contributed by atoms with Gasteiger partial charge in [-0.15, -0.1) is 0 Å². The molecule has 0 heterocycles. The van der Waals surface area contributed by atoms with Crippen molar-refractivity contribution in [3.05, 3.63) is 42.0 Å². The van der Waals surface area contributed by atoms with Gasteiger partial charge in [0.05, 0.1) is 6.61 Å². The smallest absolute Gasteiger partial charge is 0.330 e. The zero-order valence-electron chi connectivity index (χ0n) is 11.2. The lowest BCUT2D eigenvalue weighted by atomic mass is 10.0. The minimum absolute atomic E-state index is 0.336. The SMILES string of the molecule is CCOC(=O)/C=C/COc1cccc(C(C)C)c1. The summed E-state index contributed by atoms with van der Waals surface area (Å²) in [6.07, 6.45) is 3.04. The second kappa shape index (κ2) is 7.54. The molecule has 0 radical (unpaired) electrons. The predicted octanol–water partition coefficient (Wildman–Crippen LogP) is 3.31. The number of carbonyl (C=O) groups is 1. The van der Waals surface area contributed by atoms with Crippen LogP contribution >= 0.6 is 0 Å². The minimum Gasteiger partial charge on any atom is -0.490 e. The molecule has 0 atom stereocenters. The molecule has 0 fully saturated rings. The van der Waals surface area contributed by atoms with Crippen molar-refractivity contribution in [1.82, 2.24) is 0 Å². The van der Waals surface area contributed by atoms with Crippen LogP contribution in [0.25, 0.3) is 0 Å². The topological polar surface area (TPSA) is 35.5 Å². The standard InChI is InChI=1S/C15H20O3/c1-4-17-15(16)9-6-10-18-14-8-5-7-13(11-14)12(2)3/h5-9,11-12H,4,10H2,1-3H3/b9-6+. The second-order valence-electron chi connectivity index (χ2n) is 4.19. The summed E-state index contributed by atoms with van der Waals surface area (Å²) in [6, 6.07) is 7.97. The third-order valence-corrected chi connectivity index (χ3v) is 2.41. The highest BCUT2D eigenvalue weighted by molar-refractivity contribution is 5.81. The van der Waals surface area contributed by atoms with Gasteiger partial charge in [-0.05, 0) is 36.6 Å². The summed E-state index contributed by atoms with van der Waals surface area (Å²) in [6.45, 7) is 6.81. The lowest BCUT2D eigenvalue weighted by Crippen LogP contribution is -2.01. The van der Waals surface area contributed by atoms with Crippen LogP contribution in [-0.2, 0) is 9.53 Å². The molecule has 98 valence electrons. The molecule has 0 saturated carbocycles. The van der Waals surface area contributed by atoms with Gasteiger partial charge in [-0.2, -0.15) is 0 Å². The maximum absolute atomic E-state index is 11.0. The van der Waals surface area contributed by atoms with Crippen molar-refractivity contribution in [3.63, 3.8) is 0 Å². The van der Waals surface area contributed by atoms with Crippen LogP contribution in [0.15, 0.2) is 36.4 Å². The fourth-order valence-electron chi connectivity index (χ4n) is 1.44. The summed E-state index contributed by atoms with van der Waals surface area (Å²) in [5.41, 5.74) is 1.24. The van der Waals surface area contributed by atoms with Crippen LogP contribution in [0.5, 0.6) is 5.75 Å². The van der Waals surface area contributed by atoms with E-state index in [0.29, 0.717) is 19.1 Å². The fraction of sp³-hybridized carbons (Fsp3) is 0.400. The summed E-state index contributed by atoms with van der Waals surface area (Å²) < 4.78 is 10.3. The molecule has 1 aromatic carbocycles. The van der Waals surface area contributed by atoms with Crippen LogP contribution in [0.4, 0.5) is 0 Å².